The second kappa shape index (κ2) is 7.07. The Labute approximate surface area is 151 Å². The molecule has 0 atom stereocenters. The van der Waals surface area contributed by atoms with Crippen molar-refractivity contribution in [3.63, 3.8) is 0 Å². The van der Waals surface area contributed by atoms with E-state index >= 15 is 0 Å². The molecule has 1 saturated heterocycles. The molecule has 2 aliphatic heterocycles. The van der Waals surface area contributed by atoms with Crippen LogP contribution >= 0.6 is 0 Å². The summed E-state index contributed by atoms with van der Waals surface area (Å²) in [5.74, 6) is 1.43. The number of amides is 2. The fraction of sp³-hybridized carbons (Fsp3) is 0.300. The summed E-state index contributed by atoms with van der Waals surface area (Å²) in [7, 11) is 0. The summed E-state index contributed by atoms with van der Waals surface area (Å²) in [6.45, 7) is 2.24. The molecule has 0 radical (unpaired) electrons. The number of nitrogens with one attached hydrogen (secondary N) is 1. The van der Waals surface area contributed by atoms with Crippen molar-refractivity contribution in [2.24, 2.45) is 0 Å². The van der Waals surface area contributed by atoms with Gasteiger partial charge in [0.25, 0.3) is 5.91 Å². The molecular formula is C20H20N2O4. The quantitative estimate of drug-likeness (QED) is 0.918. The Morgan fingerprint density at radius 2 is 1.81 bits per heavy atom. The van der Waals surface area contributed by atoms with E-state index < -0.39 is 0 Å². The Bertz CT molecular complexity index is 832. The van der Waals surface area contributed by atoms with Crippen molar-refractivity contribution in [1.82, 2.24) is 5.32 Å². The highest BCUT2D eigenvalue weighted by Gasteiger charge is 2.21. The van der Waals surface area contributed by atoms with Gasteiger partial charge in [-0.1, -0.05) is 6.07 Å². The van der Waals surface area contributed by atoms with Gasteiger partial charge in [0.2, 0.25) is 5.91 Å². The van der Waals surface area contributed by atoms with E-state index in [0.717, 1.165) is 30.0 Å². The second-order valence-electron chi connectivity index (χ2n) is 6.36. The van der Waals surface area contributed by atoms with Gasteiger partial charge in [0, 0.05) is 30.8 Å². The van der Waals surface area contributed by atoms with Gasteiger partial charge in [-0.05, 0) is 48.4 Å². The van der Waals surface area contributed by atoms with E-state index in [1.54, 1.807) is 17.0 Å². The molecule has 1 fully saturated rings. The van der Waals surface area contributed by atoms with Crippen LogP contribution in [0.5, 0.6) is 11.5 Å². The molecular weight excluding hydrogens is 332 g/mol. The standard InChI is InChI=1S/C20H20N2O4/c23-19-2-1-9-22(19)16-6-4-15(5-7-16)20(24)21-13-14-3-8-17-18(12-14)26-11-10-25-17/h3-8,12H,1-2,9-11,13H2,(H,21,24). The number of ether oxygens (including phenoxy) is 2. The second-order valence-corrected chi connectivity index (χ2v) is 6.36. The number of fused-ring (bicyclic) bond motifs is 1. The van der Waals surface area contributed by atoms with Crippen LogP contribution in [0.25, 0.3) is 0 Å². The van der Waals surface area contributed by atoms with Gasteiger partial charge in [-0.15, -0.1) is 0 Å². The number of hydrogen-bond acceptors (Lipinski definition) is 4. The van der Waals surface area contributed by atoms with Gasteiger partial charge in [0.05, 0.1) is 0 Å². The summed E-state index contributed by atoms with van der Waals surface area (Å²) < 4.78 is 11.1. The highest BCUT2D eigenvalue weighted by atomic mass is 16.6. The van der Waals surface area contributed by atoms with E-state index in [1.165, 1.54) is 0 Å². The van der Waals surface area contributed by atoms with Gasteiger partial charge in [0.15, 0.2) is 11.5 Å². The number of hydrogen-bond donors (Lipinski definition) is 1. The Hall–Kier alpha value is -3.02. The summed E-state index contributed by atoms with van der Waals surface area (Å²) in [5, 5.41) is 2.90. The third-order valence-electron chi connectivity index (χ3n) is 4.57. The summed E-state index contributed by atoms with van der Waals surface area (Å²) in [6.07, 6.45) is 1.48. The number of carbonyl (C=O) groups excluding carboxylic acids is 2. The van der Waals surface area contributed by atoms with Crippen LogP contribution in [0.1, 0.15) is 28.8 Å². The highest BCUT2D eigenvalue weighted by Crippen LogP contribution is 2.30. The van der Waals surface area contributed by atoms with Crippen LogP contribution in [0.3, 0.4) is 0 Å². The lowest BCUT2D eigenvalue weighted by molar-refractivity contribution is -0.117. The predicted octanol–water partition coefficient (Wildman–Crippen LogP) is 2.51. The predicted molar refractivity (Wildman–Crippen MR) is 96.6 cm³/mol. The minimum Gasteiger partial charge on any atom is -0.486 e. The zero-order chi connectivity index (χ0) is 17.9. The van der Waals surface area contributed by atoms with Crippen LogP contribution in [0.15, 0.2) is 42.5 Å². The first-order valence-corrected chi connectivity index (χ1v) is 8.78. The van der Waals surface area contributed by atoms with Gasteiger partial charge in [-0.25, -0.2) is 0 Å². The maximum absolute atomic E-state index is 12.4. The molecule has 1 N–H and O–H groups in total. The molecule has 0 bridgehead atoms. The molecule has 134 valence electrons. The van der Waals surface area contributed by atoms with Gasteiger partial charge in [-0.2, -0.15) is 0 Å². The van der Waals surface area contributed by atoms with Crippen molar-refractivity contribution in [2.45, 2.75) is 19.4 Å². The maximum atomic E-state index is 12.4. The molecule has 2 aromatic carbocycles. The van der Waals surface area contributed by atoms with E-state index in [4.69, 9.17) is 9.47 Å². The molecule has 0 spiro atoms. The fourth-order valence-electron chi connectivity index (χ4n) is 3.20. The number of nitrogens with zero attached hydrogens (tertiary/aromatic N) is 1. The third kappa shape index (κ3) is 3.35. The number of rotatable bonds is 4. The molecule has 26 heavy (non-hydrogen) atoms. The van der Waals surface area contributed by atoms with Crippen LogP contribution in [-0.2, 0) is 11.3 Å². The Morgan fingerprint density at radius 3 is 2.54 bits per heavy atom. The average molecular weight is 352 g/mol. The normalized spacial score (nSPS) is 15.8. The lowest BCUT2D eigenvalue weighted by Gasteiger charge is -2.19. The number of carbonyl (C=O) groups is 2. The third-order valence-corrected chi connectivity index (χ3v) is 4.57. The lowest BCUT2D eigenvalue weighted by Crippen LogP contribution is -2.25. The van der Waals surface area contributed by atoms with Crippen molar-refractivity contribution >= 4 is 17.5 Å². The summed E-state index contributed by atoms with van der Waals surface area (Å²) in [5.41, 5.74) is 2.36. The molecule has 2 heterocycles. The van der Waals surface area contributed by atoms with E-state index in [1.807, 2.05) is 30.3 Å². The van der Waals surface area contributed by atoms with Crippen LogP contribution in [0.4, 0.5) is 5.69 Å². The minimum absolute atomic E-state index is 0.140. The van der Waals surface area contributed by atoms with Crippen LogP contribution in [-0.4, -0.2) is 31.6 Å². The van der Waals surface area contributed by atoms with Crippen molar-refractivity contribution in [3.05, 3.63) is 53.6 Å². The number of anilines is 1. The molecule has 0 aromatic heterocycles. The summed E-state index contributed by atoms with van der Waals surface area (Å²) in [4.78, 5) is 25.9. The first-order valence-electron chi connectivity index (χ1n) is 8.78. The monoisotopic (exact) mass is 352 g/mol. The topological polar surface area (TPSA) is 67.9 Å². The molecule has 2 aliphatic rings. The molecule has 6 nitrogen and oxygen atoms in total. The molecule has 6 heteroatoms. The molecule has 4 rings (SSSR count). The minimum atomic E-state index is -0.154. The molecule has 0 unspecified atom stereocenters. The van der Waals surface area contributed by atoms with Crippen LogP contribution in [0, 0.1) is 0 Å². The molecule has 2 aromatic rings. The fourth-order valence-corrected chi connectivity index (χ4v) is 3.20. The smallest absolute Gasteiger partial charge is 0.251 e. The molecule has 0 aliphatic carbocycles. The largest absolute Gasteiger partial charge is 0.486 e. The summed E-state index contributed by atoms with van der Waals surface area (Å²) in [6, 6.07) is 12.8. The average Bonchev–Trinajstić information content (AvgIpc) is 3.12. The van der Waals surface area contributed by atoms with Crippen molar-refractivity contribution in [2.75, 3.05) is 24.7 Å². The van der Waals surface area contributed by atoms with Gasteiger partial charge < -0.3 is 19.7 Å². The molecule has 2 amide bonds. The van der Waals surface area contributed by atoms with Crippen molar-refractivity contribution in [1.29, 1.82) is 0 Å². The first-order chi connectivity index (χ1) is 12.7. The summed E-state index contributed by atoms with van der Waals surface area (Å²) >= 11 is 0. The SMILES string of the molecule is O=C(NCc1ccc2c(c1)OCCO2)c1ccc(N2CCCC2=O)cc1. The van der Waals surface area contributed by atoms with E-state index in [2.05, 4.69) is 5.32 Å². The van der Waals surface area contributed by atoms with E-state index in [9.17, 15) is 9.59 Å². The highest BCUT2D eigenvalue weighted by molar-refractivity contribution is 5.97. The zero-order valence-electron chi connectivity index (χ0n) is 14.4. The van der Waals surface area contributed by atoms with Crippen molar-refractivity contribution < 1.29 is 19.1 Å². The van der Waals surface area contributed by atoms with Gasteiger partial charge in [0.1, 0.15) is 13.2 Å². The Kier molecular flexibility index (Phi) is 4.48. The van der Waals surface area contributed by atoms with Crippen LogP contribution in [0.2, 0.25) is 0 Å². The Balaban J connectivity index is 1.38. The van der Waals surface area contributed by atoms with Gasteiger partial charge >= 0.3 is 0 Å². The molecule has 0 saturated carbocycles. The van der Waals surface area contributed by atoms with E-state index in [0.29, 0.717) is 37.5 Å². The van der Waals surface area contributed by atoms with Gasteiger partial charge in [-0.3, -0.25) is 9.59 Å². The van der Waals surface area contributed by atoms with E-state index in [-0.39, 0.29) is 11.8 Å². The van der Waals surface area contributed by atoms with Crippen LogP contribution < -0.4 is 19.7 Å². The first kappa shape index (κ1) is 16.4. The lowest BCUT2D eigenvalue weighted by atomic mass is 10.1. The maximum Gasteiger partial charge on any atom is 0.251 e. The number of benzene rings is 2. The van der Waals surface area contributed by atoms with Crippen molar-refractivity contribution in [3.8, 4) is 11.5 Å². The zero-order valence-corrected chi connectivity index (χ0v) is 14.4. The Morgan fingerprint density at radius 1 is 1.04 bits per heavy atom.